The topological polar surface area (TPSA) is 127 Å². The summed E-state index contributed by atoms with van der Waals surface area (Å²) in [7, 11) is -7.71. The molecule has 148 valence electrons. The van der Waals surface area contributed by atoms with Crippen molar-refractivity contribution in [1.29, 1.82) is 0 Å². The van der Waals surface area contributed by atoms with E-state index in [4.69, 9.17) is 0 Å². The van der Waals surface area contributed by atoms with Crippen LogP contribution in [0, 0.1) is 0 Å². The number of fused-ring (bicyclic) bond motifs is 1. The predicted octanol–water partition coefficient (Wildman–Crippen LogP) is 1.26. The van der Waals surface area contributed by atoms with Crippen molar-refractivity contribution in [3.8, 4) is 0 Å². The molecule has 2 N–H and O–H groups in total. The lowest BCUT2D eigenvalue weighted by atomic mass is 10.2. The van der Waals surface area contributed by atoms with Gasteiger partial charge in [-0.05, 0) is 37.3 Å². The van der Waals surface area contributed by atoms with E-state index in [1.807, 2.05) is 0 Å². The van der Waals surface area contributed by atoms with Crippen molar-refractivity contribution in [3.63, 3.8) is 0 Å². The highest BCUT2D eigenvalue weighted by Gasteiger charge is 2.17. The molecule has 9 nitrogen and oxygen atoms in total. The van der Waals surface area contributed by atoms with E-state index in [9.17, 15) is 21.6 Å². The molecule has 2 aromatic heterocycles. The zero-order valence-corrected chi connectivity index (χ0v) is 16.5. The molecule has 0 saturated heterocycles. The van der Waals surface area contributed by atoms with Crippen molar-refractivity contribution < 1.29 is 21.6 Å². The summed E-state index contributed by atoms with van der Waals surface area (Å²) in [5.74, 6) is -0.720. The SMILES string of the molecule is CC(=O)c1cccc(S(=O)(=O)NCCS(=O)(=O)Nc2ccn3nccc3c2)c1. The number of pyridine rings is 1. The molecule has 3 aromatic rings. The lowest BCUT2D eigenvalue weighted by molar-refractivity contribution is 0.101. The first-order valence-electron chi connectivity index (χ1n) is 8.21. The largest absolute Gasteiger partial charge is 0.295 e. The third kappa shape index (κ3) is 4.74. The molecule has 0 fully saturated rings. The average Bonchev–Trinajstić information content (AvgIpc) is 3.08. The molecule has 0 atom stereocenters. The number of nitrogens with zero attached hydrogens (tertiary/aromatic N) is 2. The average molecular weight is 422 g/mol. The van der Waals surface area contributed by atoms with Gasteiger partial charge in [0.05, 0.1) is 21.9 Å². The summed E-state index contributed by atoms with van der Waals surface area (Å²) in [4.78, 5) is 11.3. The first-order valence-corrected chi connectivity index (χ1v) is 11.3. The minimum atomic E-state index is -3.94. The Morgan fingerprint density at radius 2 is 1.89 bits per heavy atom. The fourth-order valence-electron chi connectivity index (χ4n) is 2.49. The fraction of sp³-hybridized carbons (Fsp3) is 0.176. The van der Waals surface area contributed by atoms with Gasteiger partial charge in [-0.1, -0.05) is 12.1 Å². The lowest BCUT2D eigenvalue weighted by Crippen LogP contribution is -2.31. The maximum atomic E-state index is 12.3. The molecule has 0 radical (unpaired) electrons. The van der Waals surface area contributed by atoms with Gasteiger partial charge in [-0.2, -0.15) is 5.10 Å². The Morgan fingerprint density at radius 1 is 1.11 bits per heavy atom. The van der Waals surface area contributed by atoms with Gasteiger partial charge in [0.25, 0.3) is 0 Å². The first kappa shape index (κ1) is 20.0. The second-order valence-electron chi connectivity index (χ2n) is 6.02. The third-order valence-corrected chi connectivity index (χ3v) is 6.63. The Bertz CT molecular complexity index is 1230. The van der Waals surface area contributed by atoms with Crippen LogP contribution in [-0.2, 0) is 20.0 Å². The number of carbonyl (C=O) groups excluding carboxylic acids is 1. The zero-order valence-electron chi connectivity index (χ0n) is 14.9. The van der Waals surface area contributed by atoms with Crippen LogP contribution in [-0.4, -0.2) is 44.5 Å². The molecule has 0 saturated carbocycles. The molecule has 0 spiro atoms. The molecule has 0 aliphatic heterocycles. The van der Waals surface area contributed by atoms with Gasteiger partial charge < -0.3 is 0 Å². The Morgan fingerprint density at radius 3 is 2.64 bits per heavy atom. The van der Waals surface area contributed by atoms with E-state index in [0.717, 1.165) is 0 Å². The van der Waals surface area contributed by atoms with Gasteiger partial charge >= 0.3 is 0 Å². The fourth-order valence-corrected chi connectivity index (χ4v) is 4.66. The van der Waals surface area contributed by atoms with Gasteiger partial charge in [-0.15, -0.1) is 0 Å². The van der Waals surface area contributed by atoms with Crippen LogP contribution in [0.1, 0.15) is 17.3 Å². The second-order valence-corrected chi connectivity index (χ2v) is 9.63. The number of aromatic nitrogens is 2. The van der Waals surface area contributed by atoms with Crippen molar-refractivity contribution in [3.05, 3.63) is 60.4 Å². The van der Waals surface area contributed by atoms with Crippen LogP contribution < -0.4 is 9.44 Å². The van der Waals surface area contributed by atoms with Gasteiger partial charge in [0.2, 0.25) is 20.0 Å². The molecule has 2 heterocycles. The summed E-state index contributed by atoms with van der Waals surface area (Å²) in [6.07, 6.45) is 3.20. The first-order chi connectivity index (χ1) is 13.2. The molecule has 3 rings (SSSR count). The smallest absolute Gasteiger partial charge is 0.240 e. The molecule has 0 aliphatic rings. The molecular formula is C17H18N4O5S2. The standard InChI is InChI=1S/C17H18N4O5S2/c1-13(22)14-3-2-4-17(11-14)28(25,26)19-8-10-27(23,24)20-15-6-9-21-16(12-15)5-7-18-21/h2-7,9,11-12,19-20H,8,10H2,1H3. The molecule has 0 amide bonds. The van der Waals surface area contributed by atoms with Crippen LogP contribution in [0.3, 0.4) is 0 Å². The maximum Gasteiger partial charge on any atom is 0.240 e. The monoisotopic (exact) mass is 422 g/mol. The normalized spacial score (nSPS) is 12.2. The van der Waals surface area contributed by atoms with Gasteiger partial charge in [0.15, 0.2) is 5.78 Å². The van der Waals surface area contributed by atoms with E-state index in [2.05, 4.69) is 14.5 Å². The van der Waals surface area contributed by atoms with E-state index in [1.54, 1.807) is 35.1 Å². The minimum absolute atomic E-state index is 0.100. The van der Waals surface area contributed by atoms with Crippen LogP contribution in [0.5, 0.6) is 0 Å². The van der Waals surface area contributed by atoms with Crippen LogP contribution in [0.2, 0.25) is 0 Å². The van der Waals surface area contributed by atoms with E-state index in [0.29, 0.717) is 11.2 Å². The summed E-state index contributed by atoms with van der Waals surface area (Å²) >= 11 is 0. The number of carbonyl (C=O) groups is 1. The highest BCUT2D eigenvalue weighted by Crippen LogP contribution is 2.14. The summed E-state index contributed by atoms with van der Waals surface area (Å²) in [6, 6.07) is 10.4. The summed E-state index contributed by atoms with van der Waals surface area (Å²) < 4.78 is 55.3. The molecule has 1 aromatic carbocycles. The van der Waals surface area contributed by atoms with Crippen molar-refractivity contribution in [1.82, 2.24) is 14.3 Å². The lowest BCUT2D eigenvalue weighted by Gasteiger charge is -2.10. The van der Waals surface area contributed by atoms with Gasteiger partial charge in [0, 0.05) is 24.5 Å². The molecule has 0 bridgehead atoms. The quantitative estimate of drug-likeness (QED) is 0.526. The van der Waals surface area contributed by atoms with E-state index >= 15 is 0 Å². The number of sulfonamides is 2. The van der Waals surface area contributed by atoms with Crippen LogP contribution in [0.25, 0.3) is 5.52 Å². The number of hydrogen-bond acceptors (Lipinski definition) is 6. The zero-order chi connectivity index (χ0) is 20.4. The second kappa shape index (κ2) is 7.70. The number of Topliss-reactive ketones (excluding diaryl/α,β-unsaturated/α-hetero) is 1. The van der Waals surface area contributed by atoms with Crippen LogP contribution >= 0.6 is 0 Å². The molecule has 0 unspecified atom stereocenters. The Labute approximate surface area is 162 Å². The highest BCUT2D eigenvalue weighted by molar-refractivity contribution is 7.92. The van der Waals surface area contributed by atoms with Crippen LogP contribution in [0.15, 0.2) is 59.8 Å². The van der Waals surface area contributed by atoms with Crippen molar-refractivity contribution in [2.24, 2.45) is 0 Å². The van der Waals surface area contributed by atoms with Crippen molar-refractivity contribution in [2.45, 2.75) is 11.8 Å². The van der Waals surface area contributed by atoms with Crippen molar-refractivity contribution >= 4 is 37.0 Å². The number of benzene rings is 1. The highest BCUT2D eigenvalue weighted by atomic mass is 32.2. The van der Waals surface area contributed by atoms with Gasteiger partial charge in [-0.25, -0.2) is 26.1 Å². The summed E-state index contributed by atoms with van der Waals surface area (Å²) in [6.45, 7) is 1.01. The summed E-state index contributed by atoms with van der Waals surface area (Å²) in [5.41, 5.74) is 1.32. The predicted molar refractivity (Wildman–Crippen MR) is 104 cm³/mol. The van der Waals surface area contributed by atoms with Gasteiger partial charge in [0.1, 0.15) is 0 Å². The Balaban J connectivity index is 1.64. The van der Waals surface area contributed by atoms with Crippen molar-refractivity contribution in [2.75, 3.05) is 17.0 Å². The minimum Gasteiger partial charge on any atom is -0.295 e. The summed E-state index contributed by atoms with van der Waals surface area (Å²) in [5, 5.41) is 4.02. The molecule has 0 aliphatic carbocycles. The number of nitrogens with one attached hydrogen (secondary N) is 2. The number of rotatable bonds is 8. The van der Waals surface area contributed by atoms with E-state index < -0.39 is 25.8 Å². The number of anilines is 1. The maximum absolute atomic E-state index is 12.3. The number of ketones is 1. The van der Waals surface area contributed by atoms with E-state index in [1.165, 1.54) is 31.2 Å². The number of hydrogen-bond donors (Lipinski definition) is 2. The van der Waals surface area contributed by atoms with E-state index in [-0.39, 0.29) is 22.8 Å². The molecular weight excluding hydrogens is 404 g/mol. The van der Waals surface area contributed by atoms with Gasteiger partial charge in [-0.3, -0.25) is 9.52 Å². The van der Waals surface area contributed by atoms with Crippen LogP contribution in [0.4, 0.5) is 5.69 Å². The molecule has 11 heteroatoms. The Kier molecular flexibility index (Phi) is 5.49. The Hall–Kier alpha value is -2.76. The molecule has 28 heavy (non-hydrogen) atoms. The third-order valence-electron chi connectivity index (χ3n) is 3.89.